The topological polar surface area (TPSA) is 105 Å². The Morgan fingerprint density at radius 1 is 1.23 bits per heavy atom. The molecule has 0 saturated carbocycles. The van der Waals surface area contributed by atoms with Crippen LogP contribution in [0.5, 0.6) is 0 Å². The summed E-state index contributed by atoms with van der Waals surface area (Å²) in [6.45, 7) is 0.0887. The molecule has 0 spiro atoms. The minimum absolute atomic E-state index is 0.0397. The third-order valence-electron chi connectivity index (χ3n) is 4.20. The number of ether oxygens (including phenoxy) is 1. The van der Waals surface area contributed by atoms with Crippen molar-refractivity contribution in [2.45, 2.75) is 19.2 Å². The number of pyridine rings is 2. The number of nitrogens with one attached hydrogen (secondary N) is 3. The Morgan fingerprint density at radius 3 is 2.87 bits per heavy atom. The first-order chi connectivity index (χ1) is 14.5. The molecule has 156 valence electrons. The number of benzene rings is 1. The second kappa shape index (κ2) is 9.95. The van der Waals surface area contributed by atoms with E-state index >= 15 is 0 Å². The van der Waals surface area contributed by atoms with Gasteiger partial charge >= 0.3 is 6.09 Å². The maximum Gasteiger partial charge on any atom is 0.414 e. The third-order valence-corrected chi connectivity index (χ3v) is 4.63. The number of carbonyl (C=O) groups is 2. The van der Waals surface area contributed by atoms with Crippen molar-refractivity contribution in [3.63, 3.8) is 0 Å². The molecule has 0 aliphatic rings. The van der Waals surface area contributed by atoms with Gasteiger partial charge in [0.15, 0.2) is 6.23 Å². The Balaban J connectivity index is 1.66. The molecule has 30 heavy (non-hydrogen) atoms. The van der Waals surface area contributed by atoms with Crippen molar-refractivity contribution in [3.8, 4) is 0 Å². The first kappa shape index (κ1) is 21.4. The molecular weight excluding hydrogens is 413 g/mol. The van der Waals surface area contributed by atoms with Crippen LogP contribution in [-0.4, -0.2) is 35.2 Å². The van der Waals surface area contributed by atoms with Crippen LogP contribution in [0.3, 0.4) is 0 Å². The summed E-state index contributed by atoms with van der Waals surface area (Å²) < 4.78 is 18.9. The van der Waals surface area contributed by atoms with Crippen LogP contribution in [-0.2, 0) is 16.1 Å². The van der Waals surface area contributed by atoms with Gasteiger partial charge in [0.1, 0.15) is 11.6 Å². The Hall–Kier alpha value is -3.30. The quantitative estimate of drug-likeness (QED) is 0.496. The van der Waals surface area contributed by atoms with Crippen LogP contribution >= 0.6 is 11.6 Å². The van der Waals surface area contributed by atoms with Crippen LogP contribution < -0.4 is 16.0 Å². The van der Waals surface area contributed by atoms with Gasteiger partial charge in [0.05, 0.1) is 11.4 Å². The highest BCUT2D eigenvalue weighted by molar-refractivity contribution is 6.31. The Kier molecular flexibility index (Phi) is 7.10. The summed E-state index contributed by atoms with van der Waals surface area (Å²) in [6, 6.07) is 7.83. The molecule has 8 nitrogen and oxygen atoms in total. The molecule has 0 aliphatic carbocycles. The molecule has 1 unspecified atom stereocenters. The molecule has 1 atom stereocenters. The number of nitrogens with zero attached hydrogens (tertiary/aromatic N) is 2. The summed E-state index contributed by atoms with van der Waals surface area (Å²) >= 11 is 5.94. The molecule has 0 saturated heterocycles. The first-order valence-electron chi connectivity index (χ1n) is 9.00. The number of hydrogen-bond donors (Lipinski definition) is 3. The summed E-state index contributed by atoms with van der Waals surface area (Å²) in [5.74, 6) is -0.637. The fraction of sp³-hybridized carbons (Fsp3) is 0.200. The molecule has 3 rings (SSSR count). The maximum absolute atomic E-state index is 13.6. The predicted molar refractivity (Wildman–Crippen MR) is 110 cm³/mol. The van der Waals surface area contributed by atoms with Gasteiger partial charge in [-0.25, -0.2) is 14.2 Å². The summed E-state index contributed by atoms with van der Waals surface area (Å²) in [6.07, 6.45) is 2.95. The smallest absolute Gasteiger partial charge is 0.414 e. The van der Waals surface area contributed by atoms with Gasteiger partial charge in [0.25, 0.3) is 0 Å². The van der Waals surface area contributed by atoms with Crippen molar-refractivity contribution >= 4 is 40.2 Å². The molecule has 10 heteroatoms. The van der Waals surface area contributed by atoms with E-state index in [0.717, 1.165) is 10.8 Å². The fourth-order valence-electron chi connectivity index (χ4n) is 2.65. The maximum atomic E-state index is 13.6. The Bertz CT molecular complexity index is 1070. The van der Waals surface area contributed by atoms with E-state index < -0.39 is 18.1 Å². The highest BCUT2D eigenvalue weighted by atomic mass is 35.5. The third kappa shape index (κ3) is 5.62. The summed E-state index contributed by atoms with van der Waals surface area (Å²) in [5.41, 5.74) is 0.464. The first-order valence-corrected chi connectivity index (χ1v) is 9.38. The lowest BCUT2D eigenvalue weighted by Crippen LogP contribution is -2.39. The van der Waals surface area contributed by atoms with Gasteiger partial charge in [-0.15, -0.1) is 0 Å². The van der Waals surface area contributed by atoms with Crippen molar-refractivity contribution in [2.75, 3.05) is 12.4 Å². The number of carbonyl (C=O) groups excluding carboxylic acids is 2. The molecule has 2 heterocycles. The second-order valence-corrected chi connectivity index (χ2v) is 6.66. The van der Waals surface area contributed by atoms with Crippen molar-refractivity contribution < 1.29 is 18.7 Å². The van der Waals surface area contributed by atoms with Gasteiger partial charge in [-0.05, 0) is 23.8 Å². The summed E-state index contributed by atoms with van der Waals surface area (Å²) in [7, 11) is 1.47. The molecule has 2 amide bonds. The molecule has 3 N–H and O–H groups in total. The molecule has 1 aromatic carbocycles. The number of rotatable bonds is 7. The van der Waals surface area contributed by atoms with E-state index in [2.05, 4.69) is 25.9 Å². The van der Waals surface area contributed by atoms with Gasteiger partial charge < -0.3 is 10.1 Å². The number of amides is 2. The zero-order valence-corrected chi connectivity index (χ0v) is 16.7. The SMILES string of the molecule is CNC(=O)CC(NCc1cccc(F)c1Cl)OC(=O)Nc1cc2cnccc2cn1. The van der Waals surface area contributed by atoms with Crippen molar-refractivity contribution in [1.82, 2.24) is 20.6 Å². The van der Waals surface area contributed by atoms with Crippen LogP contribution in [0.15, 0.2) is 48.9 Å². The zero-order valence-electron chi connectivity index (χ0n) is 16.0. The van der Waals surface area contributed by atoms with Gasteiger partial charge in [0, 0.05) is 43.0 Å². The monoisotopic (exact) mass is 431 g/mol. The zero-order chi connectivity index (χ0) is 21.5. The average molecular weight is 432 g/mol. The van der Waals surface area contributed by atoms with Crippen molar-refractivity contribution in [1.29, 1.82) is 0 Å². The number of halogens is 2. The van der Waals surface area contributed by atoms with E-state index in [-0.39, 0.29) is 29.7 Å². The van der Waals surface area contributed by atoms with E-state index in [9.17, 15) is 14.0 Å². The van der Waals surface area contributed by atoms with Crippen LogP contribution in [0.4, 0.5) is 15.0 Å². The fourth-order valence-corrected chi connectivity index (χ4v) is 2.84. The van der Waals surface area contributed by atoms with Gasteiger partial charge in [-0.2, -0.15) is 0 Å². The number of hydrogen-bond acceptors (Lipinski definition) is 6. The highest BCUT2D eigenvalue weighted by Gasteiger charge is 2.19. The van der Waals surface area contributed by atoms with E-state index in [1.54, 1.807) is 36.8 Å². The van der Waals surface area contributed by atoms with E-state index in [1.165, 1.54) is 19.2 Å². The van der Waals surface area contributed by atoms with Crippen molar-refractivity contribution in [2.24, 2.45) is 0 Å². The Labute approximate surface area is 176 Å². The normalized spacial score (nSPS) is 11.7. The predicted octanol–water partition coefficient (Wildman–Crippen LogP) is 3.22. The number of fused-ring (bicyclic) bond motifs is 1. The molecular formula is C20H19ClFN5O3. The van der Waals surface area contributed by atoms with E-state index in [1.807, 2.05) is 0 Å². The summed E-state index contributed by atoms with van der Waals surface area (Å²) in [4.78, 5) is 32.3. The molecule has 0 fully saturated rings. The standard InChI is InChI=1S/C20H19ClFN5O3/c1-23-17(28)8-18(26-11-13-3-2-4-15(22)19(13)21)30-20(29)27-16-7-14-9-24-6-5-12(14)10-25-16/h2-7,9-10,18,26H,8,11H2,1H3,(H,23,28)(H,25,27,29). The second-order valence-electron chi connectivity index (χ2n) is 6.28. The number of aromatic nitrogens is 2. The van der Waals surface area contributed by atoms with Crippen LogP contribution in [0.1, 0.15) is 12.0 Å². The molecule has 0 bridgehead atoms. The van der Waals surface area contributed by atoms with Gasteiger partial charge in [-0.1, -0.05) is 23.7 Å². The van der Waals surface area contributed by atoms with E-state index in [4.69, 9.17) is 16.3 Å². The molecule has 0 aliphatic heterocycles. The lowest BCUT2D eigenvalue weighted by atomic mass is 10.2. The summed E-state index contributed by atoms with van der Waals surface area (Å²) in [5, 5.41) is 9.49. The van der Waals surface area contributed by atoms with Crippen LogP contribution in [0, 0.1) is 5.82 Å². The lowest BCUT2D eigenvalue weighted by Gasteiger charge is -2.19. The molecule has 0 radical (unpaired) electrons. The van der Waals surface area contributed by atoms with E-state index in [0.29, 0.717) is 5.56 Å². The molecule has 2 aromatic heterocycles. The Morgan fingerprint density at radius 2 is 2.07 bits per heavy atom. The van der Waals surface area contributed by atoms with Crippen LogP contribution in [0.25, 0.3) is 10.8 Å². The van der Waals surface area contributed by atoms with Gasteiger partial charge in [-0.3, -0.25) is 20.4 Å². The minimum Gasteiger partial charge on any atom is -0.430 e. The highest BCUT2D eigenvalue weighted by Crippen LogP contribution is 2.20. The van der Waals surface area contributed by atoms with Gasteiger partial charge in [0.2, 0.25) is 5.91 Å². The number of anilines is 1. The van der Waals surface area contributed by atoms with Crippen LogP contribution in [0.2, 0.25) is 5.02 Å². The lowest BCUT2D eigenvalue weighted by molar-refractivity contribution is -0.122. The minimum atomic E-state index is -0.980. The van der Waals surface area contributed by atoms with Crippen molar-refractivity contribution in [3.05, 3.63) is 65.3 Å². The largest absolute Gasteiger partial charge is 0.430 e. The molecule has 3 aromatic rings. The average Bonchev–Trinajstić information content (AvgIpc) is 2.74.